The van der Waals surface area contributed by atoms with Gasteiger partial charge in [0.25, 0.3) is 0 Å². The third-order valence-corrected chi connectivity index (χ3v) is 6.12. The lowest BCUT2D eigenvalue weighted by atomic mass is 10.2. The smallest absolute Gasteiger partial charge is 0.225 e. The van der Waals surface area contributed by atoms with Crippen molar-refractivity contribution in [2.75, 3.05) is 82.3 Å². The molecule has 2 fully saturated rings. The molecule has 0 saturated carbocycles. The molecule has 166 valence electrons. The van der Waals surface area contributed by atoms with Crippen LogP contribution in [0.15, 0.2) is 47.7 Å². The van der Waals surface area contributed by atoms with Crippen molar-refractivity contribution >= 4 is 29.2 Å². The van der Waals surface area contributed by atoms with Crippen LogP contribution >= 0.6 is 11.6 Å². The number of hydrogen-bond acceptors (Lipinski definition) is 6. The van der Waals surface area contributed by atoms with Crippen LogP contribution in [0, 0.1) is 0 Å². The number of anilines is 2. The standard InChI is InChI=1S/C22H31ClN8/c1-24-21(30-16-14-29(15-17-30)20-5-2-4-19(23)18-20)27-8-9-28-10-12-31(13-11-28)22-25-6-3-7-26-22/h2-7,18H,8-17H2,1H3,(H,24,27). The molecule has 0 amide bonds. The summed E-state index contributed by atoms with van der Waals surface area (Å²) in [5.41, 5.74) is 1.19. The van der Waals surface area contributed by atoms with E-state index in [1.54, 1.807) is 12.4 Å². The fourth-order valence-electron chi connectivity index (χ4n) is 4.13. The van der Waals surface area contributed by atoms with Gasteiger partial charge in [0.05, 0.1) is 0 Å². The Balaban J connectivity index is 1.18. The predicted octanol–water partition coefficient (Wildman–Crippen LogP) is 1.65. The van der Waals surface area contributed by atoms with Crippen LogP contribution in [0.3, 0.4) is 0 Å². The molecule has 1 N–H and O–H groups in total. The Labute approximate surface area is 189 Å². The van der Waals surface area contributed by atoms with Gasteiger partial charge in [0.1, 0.15) is 0 Å². The molecule has 0 aliphatic carbocycles. The number of rotatable bonds is 5. The molecule has 1 aromatic heterocycles. The minimum atomic E-state index is 0.787. The number of halogens is 1. The van der Waals surface area contributed by atoms with Crippen LogP contribution in [0.1, 0.15) is 0 Å². The number of aliphatic imine (C=N–C) groups is 1. The molecule has 9 heteroatoms. The summed E-state index contributed by atoms with van der Waals surface area (Å²) in [7, 11) is 1.87. The van der Waals surface area contributed by atoms with Crippen molar-refractivity contribution in [1.29, 1.82) is 0 Å². The molecule has 2 aliphatic rings. The van der Waals surface area contributed by atoms with E-state index in [0.717, 1.165) is 82.4 Å². The van der Waals surface area contributed by atoms with Gasteiger partial charge in [-0.3, -0.25) is 9.89 Å². The number of benzene rings is 1. The van der Waals surface area contributed by atoms with Crippen molar-refractivity contribution < 1.29 is 0 Å². The van der Waals surface area contributed by atoms with Gasteiger partial charge in [-0.15, -0.1) is 0 Å². The molecule has 31 heavy (non-hydrogen) atoms. The molecule has 0 bridgehead atoms. The summed E-state index contributed by atoms with van der Waals surface area (Å²) in [5.74, 6) is 1.82. The summed E-state index contributed by atoms with van der Waals surface area (Å²) >= 11 is 6.15. The zero-order valence-corrected chi connectivity index (χ0v) is 18.9. The number of hydrogen-bond donors (Lipinski definition) is 1. The number of guanidine groups is 1. The Bertz CT molecular complexity index is 846. The Hall–Kier alpha value is -2.58. The first-order chi connectivity index (χ1) is 15.2. The number of piperazine rings is 2. The summed E-state index contributed by atoms with van der Waals surface area (Å²) in [6, 6.07) is 9.95. The lowest BCUT2D eigenvalue weighted by molar-refractivity contribution is 0.258. The SMILES string of the molecule is CN=C(NCCN1CCN(c2ncccn2)CC1)N1CCN(c2cccc(Cl)c2)CC1. The largest absolute Gasteiger partial charge is 0.368 e. The van der Waals surface area contributed by atoms with E-state index in [0.29, 0.717) is 0 Å². The van der Waals surface area contributed by atoms with Gasteiger partial charge in [0.2, 0.25) is 5.95 Å². The molecule has 2 aromatic rings. The van der Waals surface area contributed by atoms with E-state index in [-0.39, 0.29) is 0 Å². The monoisotopic (exact) mass is 442 g/mol. The van der Waals surface area contributed by atoms with Crippen molar-refractivity contribution in [3.63, 3.8) is 0 Å². The second-order valence-electron chi connectivity index (χ2n) is 7.81. The molecule has 2 saturated heterocycles. The molecule has 0 atom stereocenters. The van der Waals surface area contributed by atoms with E-state index in [9.17, 15) is 0 Å². The second kappa shape index (κ2) is 10.6. The quantitative estimate of drug-likeness (QED) is 0.558. The molecular weight excluding hydrogens is 412 g/mol. The molecule has 2 aliphatic heterocycles. The normalized spacial score (nSPS) is 18.4. The summed E-state index contributed by atoms with van der Waals surface area (Å²) in [6.07, 6.45) is 3.61. The fourth-order valence-corrected chi connectivity index (χ4v) is 4.32. The van der Waals surface area contributed by atoms with Gasteiger partial charge in [-0.25, -0.2) is 9.97 Å². The summed E-state index contributed by atoms with van der Waals surface area (Å²) in [6.45, 7) is 9.69. The summed E-state index contributed by atoms with van der Waals surface area (Å²) < 4.78 is 0. The highest BCUT2D eigenvalue weighted by Gasteiger charge is 2.21. The van der Waals surface area contributed by atoms with Gasteiger partial charge in [-0.05, 0) is 24.3 Å². The molecule has 0 spiro atoms. The Morgan fingerprint density at radius 2 is 1.68 bits per heavy atom. The van der Waals surface area contributed by atoms with Crippen molar-refractivity contribution in [3.05, 3.63) is 47.7 Å². The molecule has 8 nitrogen and oxygen atoms in total. The van der Waals surface area contributed by atoms with Crippen LogP contribution in [-0.2, 0) is 0 Å². The maximum absolute atomic E-state index is 6.15. The summed E-state index contributed by atoms with van der Waals surface area (Å²) in [4.78, 5) is 22.7. The van der Waals surface area contributed by atoms with Crippen molar-refractivity contribution in [3.8, 4) is 0 Å². The van der Waals surface area contributed by atoms with Gasteiger partial charge in [0, 0.05) is 95.6 Å². The topological polar surface area (TPSA) is 63.1 Å². The van der Waals surface area contributed by atoms with E-state index >= 15 is 0 Å². The van der Waals surface area contributed by atoms with Gasteiger partial charge >= 0.3 is 0 Å². The number of nitrogens with zero attached hydrogens (tertiary/aromatic N) is 7. The predicted molar refractivity (Wildman–Crippen MR) is 127 cm³/mol. The zero-order chi connectivity index (χ0) is 21.5. The van der Waals surface area contributed by atoms with E-state index in [2.05, 4.69) is 45.9 Å². The Morgan fingerprint density at radius 1 is 0.968 bits per heavy atom. The molecule has 3 heterocycles. The van der Waals surface area contributed by atoms with Crippen molar-refractivity contribution in [2.45, 2.75) is 0 Å². The van der Waals surface area contributed by atoms with Crippen molar-refractivity contribution in [1.82, 2.24) is 25.1 Å². The number of aromatic nitrogens is 2. The third kappa shape index (κ3) is 5.77. The van der Waals surface area contributed by atoms with Gasteiger partial charge in [-0.2, -0.15) is 0 Å². The highest BCUT2D eigenvalue weighted by atomic mass is 35.5. The summed E-state index contributed by atoms with van der Waals surface area (Å²) in [5, 5.41) is 4.34. The van der Waals surface area contributed by atoms with E-state index < -0.39 is 0 Å². The maximum atomic E-state index is 6.15. The van der Waals surface area contributed by atoms with Crippen molar-refractivity contribution in [2.24, 2.45) is 4.99 Å². The molecular formula is C22H31ClN8. The third-order valence-electron chi connectivity index (χ3n) is 5.88. The van der Waals surface area contributed by atoms with Crippen LogP contribution in [-0.4, -0.2) is 98.2 Å². The van der Waals surface area contributed by atoms with Gasteiger partial charge in [0.15, 0.2) is 5.96 Å². The van der Waals surface area contributed by atoms with E-state index in [1.165, 1.54) is 5.69 Å². The van der Waals surface area contributed by atoms with Crippen LogP contribution in [0.2, 0.25) is 5.02 Å². The van der Waals surface area contributed by atoms with Crippen LogP contribution in [0.4, 0.5) is 11.6 Å². The first-order valence-corrected chi connectivity index (χ1v) is 11.3. The Morgan fingerprint density at radius 3 is 2.35 bits per heavy atom. The van der Waals surface area contributed by atoms with Gasteiger partial charge < -0.3 is 20.0 Å². The molecule has 0 unspecified atom stereocenters. The zero-order valence-electron chi connectivity index (χ0n) is 18.1. The highest BCUT2D eigenvalue weighted by Crippen LogP contribution is 2.20. The van der Waals surface area contributed by atoms with Crippen LogP contribution < -0.4 is 15.1 Å². The lowest BCUT2D eigenvalue weighted by Gasteiger charge is -2.38. The first kappa shape index (κ1) is 21.6. The van der Waals surface area contributed by atoms with Gasteiger partial charge in [-0.1, -0.05) is 17.7 Å². The lowest BCUT2D eigenvalue weighted by Crippen LogP contribution is -2.54. The van der Waals surface area contributed by atoms with Crippen LogP contribution in [0.25, 0.3) is 0 Å². The Kier molecular flexibility index (Phi) is 7.43. The second-order valence-corrected chi connectivity index (χ2v) is 8.24. The minimum Gasteiger partial charge on any atom is -0.368 e. The molecule has 4 rings (SSSR count). The minimum absolute atomic E-state index is 0.787. The average Bonchev–Trinajstić information content (AvgIpc) is 2.83. The average molecular weight is 443 g/mol. The van der Waals surface area contributed by atoms with E-state index in [1.807, 2.05) is 31.3 Å². The maximum Gasteiger partial charge on any atom is 0.225 e. The first-order valence-electron chi connectivity index (χ1n) is 10.9. The fraction of sp³-hybridized carbons (Fsp3) is 0.500. The molecule has 0 radical (unpaired) electrons. The number of nitrogens with one attached hydrogen (secondary N) is 1. The molecule has 1 aromatic carbocycles. The van der Waals surface area contributed by atoms with Crippen LogP contribution in [0.5, 0.6) is 0 Å². The van der Waals surface area contributed by atoms with E-state index in [4.69, 9.17) is 11.6 Å². The highest BCUT2D eigenvalue weighted by molar-refractivity contribution is 6.30.